The highest BCUT2D eigenvalue weighted by Crippen LogP contribution is 2.19. The molecular formula is C16H19N3O3S. The van der Waals surface area contributed by atoms with E-state index in [9.17, 15) is 4.79 Å². The summed E-state index contributed by atoms with van der Waals surface area (Å²) in [5.74, 6) is 0.699. The summed E-state index contributed by atoms with van der Waals surface area (Å²) in [6, 6.07) is 4.02. The largest absolute Gasteiger partial charge is 0.474 e. The SMILES string of the molecule is COc1nccc(OC2CCN(C(=O)Cc3ccsc3)CC2)n1. The van der Waals surface area contributed by atoms with Gasteiger partial charge in [0.1, 0.15) is 6.10 Å². The van der Waals surface area contributed by atoms with Crippen LogP contribution in [0.4, 0.5) is 0 Å². The summed E-state index contributed by atoms with van der Waals surface area (Å²) < 4.78 is 10.9. The van der Waals surface area contributed by atoms with Crippen LogP contribution in [-0.4, -0.2) is 47.1 Å². The summed E-state index contributed by atoms with van der Waals surface area (Å²) in [5, 5.41) is 4.02. The first-order valence-corrected chi connectivity index (χ1v) is 8.51. The summed E-state index contributed by atoms with van der Waals surface area (Å²) in [4.78, 5) is 22.3. The average molecular weight is 333 g/mol. The lowest BCUT2D eigenvalue weighted by atomic mass is 10.1. The Morgan fingerprint density at radius 1 is 1.39 bits per heavy atom. The molecule has 1 saturated heterocycles. The van der Waals surface area contributed by atoms with Crippen molar-refractivity contribution in [1.82, 2.24) is 14.9 Å². The molecule has 2 aromatic rings. The third-order valence-electron chi connectivity index (χ3n) is 3.81. The van der Waals surface area contributed by atoms with Crippen LogP contribution in [0.3, 0.4) is 0 Å². The maximum Gasteiger partial charge on any atom is 0.319 e. The molecule has 23 heavy (non-hydrogen) atoms. The lowest BCUT2D eigenvalue weighted by molar-refractivity contribution is -0.132. The van der Waals surface area contributed by atoms with Gasteiger partial charge in [-0.15, -0.1) is 0 Å². The first-order valence-electron chi connectivity index (χ1n) is 7.57. The van der Waals surface area contributed by atoms with Crippen LogP contribution in [0.1, 0.15) is 18.4 Å². The van der Waals surface area contributed by atoms with E-state index in [0.29, 0.717) is 18.3 Å². The van der Waals surface area contributed by atoms with Crippen molar-refractivity contribution in [3.63, 3.8) is 0 Å². The van der Waals surface area contributed by atoms with Crippen LogP contribution >= 0.6 is 11.3 Å². The molecule has 3 rings (SSSR count). The molecule has 0 aliphatic carbocycles. The number of methoxy groups -OCH3 is 1. The van der Waals surface area contributed by atoms with Gasteiger partial charge >= 0.3 is 6.01 Å². The molecule has 2 aromatic heterocycles. The van der Waals surface area contributed by atoms with Crippen molar-refractivity contribution in [2.45, 2.75) is 25.4 Å². The molecule has 1 aliphatic heterocycles. The van der Waals surface area contributed by atoms with Crippen molar-refractivity contribution in [2.75, 3.05) is 20.2 Å². The van der Waals surface area contributed by atoms with Crippen molar-refractivity contribution < 1.29 is 14.3 Å². The van der Waals surface area contributed by atoms with Crippen LogP contribution in [0.15, 0.2) is 29.1 Å². The van der Waals surface area contributed by atoms with E-state index < -0.39 is 0 Å². The molecule has 0 N–H and O–H groups in total. The van der Waals surface area contributed by atoms with Gasteiger partial charge < -0.3 is 14.4 Å². The molecule has 0 saturated carbocycles. The van der Waals surface area contributed by atoms with Gasteiger partial charge in [-0.1, -0.05) is 0 Å². The molecule has 1 fully saturated rings. The quantitative estimate of drug-likeness (QED) is 0.839. The molecule has 0 spiro atoms. The second kappa shape index (κ2) is 7.41. The van der Waals surface area contributed by atoms with E-state index in [4.69, 9.17) is 9.47 Å². The third kappa shape index (κ3) is 4.19. The Morgan fingerprint density at radius 2 is 2.22 bits per heavy atom. The molecule has 0 atom stereocenters. The standard InChI is InChI=1S/C16H19N3O3S/c1-21-16-17-6-2-14(18-16)22-13-3-7-19(8-4-13)15(20)10-12-5-9-23-11-12/h2,5-6,9,11,13H,3-4,7-8,10H2,1H3. The lowest BCUT2D eigenvalue weighted by Gasteiger charge is -2.32. The number of aromatic nitrogens is 2. The summed E-state index contributed by atoms with van der Waals surface area (Å²) >= 11 is 1.62. The Labute approximate surface area is 139 Å². The van der Waals surface area contributed by atoms with Gasteiger partial charge in [0.05, 0.1) is 13.5 Å². The minimum Gasteiger partial charge on any atom is -0.474 e. The number of carbonyl (C=O) groups excluding carboxylic acids is 1. The van der Waals surface area contributed by atoms with Crippen LogP contribution in [0.25, 0.3) is 0 Å². The van der Waals surface area contributed by atoms with E-state index in [1.165, 1.54) is 7.11 Å². The summed E-state index contributed by atoms with van der Waals surface area (Å²) in [5.41, 5.74) is 1.09. The van der Waals surface area contributed by atoms with Gasteiger partial charge in [-0.05, 0) is 22.4 Å². The molecular weight excluding hydrogens is 314 g/mol. The van der Waals surface area contributed by atoms with Gasteiger partial charge in [0, 0.05) is 38.2 Å². The second-order valence-corrected chi connectivity index (χ2v) is 6.17. The zero-order valence-corrected chi connectivity index (χ0v) is 13.8. The Kier molecular flexibility index (Phi) is 5.07. The van der Waals surface area contributed by atoms with Crippen molar-refractivity contribution in [3.8, 4) is 11.9 Å². The van der Waals surface area contributed by atoms with E-state index in [-0.39, 0.29) is 12.0 Å². The van der Waals surface area contributed by atoms with Gasteiger partial charge in [-0.2, -0.15) is 16.3 Å². The van der Waals surface area contributed by atoms with Crippen molar-refractivity contribution in [2.24, 2.45) is 0 Å². The monoisotopic (exact) mass is 333 g/mol. The third-order valence-corrected chi connectivity index (χ3v) is 4.54. The predicted molar refractivity (Wildman–Crippen MR) is 86.8 cm³/mol. The summed E-state index contributed by atoms with van der Waals surface area (Å²) in [7, 11) is 1.52. The summed E-state index contributed by atoms with van der Waals surface area (Å²) in [6.07, 6.45) is 3.78. The Bertz CT molecular complexity index is 640. The number of piperidine rings is 1. The van der Waals surface area contributed by atoms with E-state index >= 15 is 0 Å². The molecule has 1 amide bonds. The van der Waals surface area contributed by atoms with E-state index in [0.717, 1.165) is 31.5 Å². The van der Waals surface area contributed by atoms with Crippen molar-refractivity contribution >= 4 is 17.2 Å². The molecule has 0 aromatic carbocycles. The molecule has 0 bridgehead atoms. The van der Waals surface area contributed by atoms with Crippen LogP contribution in [0, 0.1) is 0 Å². The molecule has 122 valence electrons. The van der Waals surface area contributed by atoms with Crippen LogP contribution < -0.4 is 9.47 Å². The van der Waals surface area contributed by atoms with Gasteiger partial charge in [0.2, 0.25) is 11.8 Å². The summed E-state index contributed by atoms with van der Waals surface area (Å²) in [6.45, 7) is 1.44. The van der Waals surface area contributed by atoms with Crippen molar-refractivity contribution in [1.29, 1.82) is 0 Å². The fourth-order valence-electron chi connectivity index (χ4n) is 2.56. The first kappa shape index (κ1) is 15.7. The molecule has 7 heteroatoms. The Hall–Kier alpha value is -2.15. The number of rotatable bonds is 5. The minimum absolute atomic E-state index is 0.0693. The number of hydrogen-bond donors (Lipinski definition) is 0. The second-order valence-electron chi connectivity index (χ2n) is 5.39. The van der Waals surface area contributed by atoms with Gasteiger partial charge in [0.15, 0.2) is 0 Å². The maximum absolute atomic E-state index is 12.3. The fraction of sp³-hybridized carbons (Fsp3) is 0.438. The topological polar surface area (TPSA) is 64.6 Å². The van der Waals surface area contributed by atoms with Gasteiger partial charge in [-0.3, -0.25) is 4.79 Å². The fourth-order valence-corrected chi connectivity index (χ4v) is 3.23. The highest BCUT2D eigenvalue weighted by atomic mass is 32.1. The van der Waals surface area contributed by atoms with Crippen LogP contribution in [-0.2, 0) is 11.2 Å². The molecule has 0 radical (unpaired) electrons. The van der Waals surface area contributed by atoms with Gasteiger partial charge in [-0.25, -0.2) is 4.98 Å². The minimum atomic E-state index is 0.0693. The molecule has 6 nitrogen and oxygen atoms in total. The number of carbonyl (C=O) groups is 1. The average Bonchev–Trinajstić information content (AvgIpc) is 3.08. The van der Waals surface area contributed by atoms with E-state index in [2.05, 4.69) is 9.97 Å². The number of amides is 1. The molecule has 1 aliphatic rings. The zero-order chi connectivity index (χ0) is 16.1. The molecule has 3 heterocycles. The number of likely N-dealkylation sites (tertiary alicyclic amines) is 1. The smallest absolute Gasteiger partial charge is 0.319 e. The molecule has 0 unspecified atom stereocenters. The van der Waals surface area contributed by atoms with E-state index in [1.54, 1.807) is 23.6 Å². The van der Waals surface area contributed by atoms with Crippen molar-refractivity contribution in [3.05, 3.63) is 34.7 Å². The van der Waals surface area contributed by atoms with Gasteiger partial charge in [0.25, 0.3) is 0 Å². The van der Waals surface area contributed by atoms with Crippen LogP contribution in [0.5, 0.6) is 11.9 Å². The highest BCUT2D eigenvalue weighted by Gasteiger charge is 2.24. The predicted octanol–water partition coefficient (Wildman–Crippen LogP) is 2.16. The van der Waals surface area contributed by atoms with E-state index in [1.807, 2.05) is 21.7 Å². The Morgan fingerprint density at radius 3 is 2.91 bits per heavy atom. The normalized spacial score (nSPS) is 15.4. The Balaban J connectivity index is 1.49. The first-order chi connectivity index (χ1) is 11.2. The number of thiophene rings is 1. The number of ether oxygens (including phenoxy) is 2. The number of hydrogen-bond acceptors (Lipinski definition) is 6. The lowest BCUT2D eigenvalue weighted by Crippen LogP contribution is -2.42. The zero-order valence-electron chi connectivity index (χ0n) is 13.0. The van der Waals surface area contributed by atoms with Crippen LogP contribution in [0.2, 0.25) is 0 Å². The highest BCUT2D eigenvalue weighted by molar-refractivity contribution is 7.07. The number of nitrogens with zero attached hydrogens (tertiary/aromatic N) is 3. The maximum atomic E-state index is 12.3.